The molecule has 134 valence electrons. The number of aromatic nitrogens is 1. The van der Waals surface area contributed by atoms with Gasteiger partial charge in [0, 0.05) is 37.1 Å². The molecule has 0 bridgehead atoms. The molecule has 3 rings (SSSR count). The number of amides is 1. The van der Waals surface area contributed by atoms with Gasteiger partial charge < -0.3 is 9.64 Å². The molecule has 1 N–H and O–H groups in total. The maximum absolute atomic E-state index is 11.9. The highest BCUT2D eigenvalue weighted by Gasteiger charge is 2.21. The number of ether oxygens (including phenoxy) is 1. The van der Waals surface area contributed by atoms with Crippen LogP contribution in [0.5, 0.6) is 0 Å². The van der Waals surface area contributed by atoms with Crippen LogP contribution in [-0.2, 0) is 4.74 Å². The molecule has 0 spiro atoms. The predicted molar refractivity (Wildman–Crippen MR) is 95.4 cm³/mol. The summed E-state index contributed by atoms with van der Waals surface area (Å²) in [4.78, 5) is 28.6. The van der Waals surface area contributed by atoms with Crippen molar-refractivity contribution < 1.29 is 14.5 Å². The van der Waals surface area contributed by atoms with Crippen LogP contribution in [0, 0.1) is 10.1 Å². The van der Waals surface area contributed by atoms with Gasteiger partial charge in [0.15, 0.2) is 0 Å². The highest BCUT2D eigenvalue weighted by molar-refractivity contribution is 5.94. The van der Waals surface area contributed by atoms with E-state index < -0.39 is 10.8 Å². The zero-order valence-corrected chi connectivity index (χ0v) is 13.9. The average Bonchev–Trinajstić information content (AvgIpc) is 2.69. The highest BCUT2D eigenvalue weighted by Crippen LogP contribution is 2.29. The molecule has 1 fully saturated rings. The second kappa shape index (κ2) is 8.17. The molecule has 9 nitrogen and oxygen atoms in total. The van der Waals surface area contributed by atoms with Gasteiger partial charge in [-0.1, -0.05) is 6.07 Å². The summed E-state index contributed by atoms with van der Waals surface area (Å²) in [5, 5.41) is 15.3. The molecule has 1 aromatic heterocycles. The summed E-state index contributed by atoms with van der Waals surface area (Å²) in [5.74, 6) is -0.409. The first-order valence-electron chi connectivity index (χ1n) is 8.00. The number of anilines is 1. The Labute approximate surface area is 149 Å². The number of hydrazone groups is 1. The van der Waals surface area contributed by atoms with Gasteiger partial charge in [0.2, 0.25) is 0 Å². The number of carbonyl (C=O) groups excluding carboxylic acids is 1. The number of nitro benzene ring substituents is 1. The maximum atomic E-state index is 11.9. The third-order valence-electron chi connectivity index (χ3n) is 3.85. The van der Waals surface area contributed by atoms with Crippen molar-refractivity contribution in [3.8, 4) is 0 Å². The summed E-state index contributed by atoms with van der Waals surface area (Å²) in [5.41, 5.74) is 3.80. The number of hydrogen-bond acceptors (Lipinski definition) is 7. The van der Waals surface area contributed by atoms with Crippen LogP contribution < -0.4 is 10.3 Å². The van der Waals surface area contributed by atoms with Crippen molar-refractivity contribution in [2.24, 2.45) is 5.10 Å². The number of carbonyl (C=O) groups is 1. The van der Waals surface area contributed by atoms with Gasteiger partial charge in [-0.05, 0) is 18.2 Å². The normalized spacial score (nSPS) is 14.4. The van der Waals surface area contributed by atoms with Crippen LogP contribution in [0.25, 0.3) is 0 Å². The number of pyridine rings is 1. The van der Waals surface area contributed by atoms with Crippen LogP contribution in [0.4, 0.5) is 11.4 Å². The Morgan fingerprint density at radius 1 is 1.35 bits per heavy atom. The molecule has 1 aliphatic rings. The molecule has 0 radical (unpaired) electrons. The average molecular weight is 355 g/mol. The lowest BCUT2D eigenvalue weighted by molar-refractivity contribution is -0.384. The van der Waals surface area contributed by atoms with Crippen molar-refractivity contribution in [2.45, 2.75) is 0 Å². The van der Waals surface area contributed by atoms with Gasteiger partial charge >= 0.3 is 0 Å². The second-order valence-electron chi connectivity index (χ2n) is 5.55. The smallest absolute Gasteiger partial charge is 0.293 e. The van der Waals surface area contributed by atoms with Crippen molar-refractivity contribution in [3.63, 3.8) is 0 Å². The Bertz CT molecular complexity index is 819. The molecular formula is C17H17N5O4. The van der Waals surface area contributed by atoms with Crippen LogP contribution in [0.1, 0.15) is 15.9 Å². The Morgan fingerprint density at radius 2 is 2.15 bits per heavy atom. The number of morpholine rings is 1. The SMILES string of the molecule is O=C(NN=Cc1ccc(N2CCOCC2)c([N+](=O)[O-])c1)c1cccnc1. The zero-order chi connectivity index (χ0) is 18.4. The van der Waals surface area contributed by atoms with Crippen LogP contribution >= 0.6 is 0 Å². The summed E-state index contributed by atoms with van der Waals surface area (Å²) < 4.78 is 5.28. The van der Waals surface area contributed by atoms with Gasteiger partial charge in [0.1, 0.15) is 5.69 Å². The number of rotatable bonds is 5. The molecule has 1 aliphatic heterocycles. The van der Waals surface area contributed by atoms with E-state index in [1.807, 2.05) is 4.90 Å². The first-order valence-corrected chi connectivity index (χ1v) is 8.00. The minimum Gasteiger partial charge on any atom is -0.378 e. The zero-order valence-electron chi connectivity index (χ0n) is 13.9. The van der Waals surface area contributed by atoms with E-state index in [2.05, 4.69) is 15.5 Å². The third-order valence-corrected chi connectivity index (χ3v) is 3.85. The number of nitro groups is 1. The van der Waals surface area contributed by atoms with Crippen LogP contribution in [0.15, 0.2) is 47.8 Å². The summed E-state index contributed by atoms with van der Waals surface area (Å²) >= 11 is 0. The van der Waals surface area contributed by atoms with E-state index in [0.29, 0.717) is 43.1 Å². The van der Waals surface area contributed by atoms with Crippen molar-refractivity contribution in [2.75, 3.05) is 31.2 Å². The Kier molecular flexibility index (Phi) is 5.49. The van der Waals surface area contributed by atoms with Gasteiger partial charge in [-0.3, -0.25) is 19.9 Å². The third kappa shape index (κ3) is 4.19. The first kappa shape index (κ1) is 17.5. The van der Waals surface area contributed by atoms with Gasteiger partial charge in [0.05, 0.1) is 29.9 Å². The molecule has 1 saturated heterocycles. The monoisotopic (exact) mass is 355 g/mol. The van der Waals surface area contributed by atoms with E-state index in [0.717, 1.165) is 0 Å². The number of hydrogen-bond donors (Lipinski definition) is 1. The molecule has 0 saturated carbocycles. The molecule has 9 heteroatoms. The summed E-state index contributed by atoms with van der Waals surface area (Å²) in [6.45, 7) is 2.30. The minimum atomic E-state index is -0.420. The lowest BCUT2D eigenvalue weighted by Gasteiger charge is -2.28. The lowest BCUT2D eigenvalue weighted by Crippen LogP contribution is -2.36. The van der Waals surface area contributed by atoms with Crippen LogP contribution in [0.3, 0.4) is 0 Å². The summed E-state index contributed by atoms with van der Waals surface area (Å²) in [6.07, 6.45) is 4.35. The fraction of sp³-hybridized carbons (Fsp3) is 0.235. The summed E-state index contributed by atoms with van der Waals surface area (Å²) in [7, 11) is 0. The predicted octanol–water partition coefficient (Wildman–Crippen LogP) is 1.59. The molecule has 1 aromatic carbocycles. The Morgan fingerprint density at radius 3 is 2.85 bits per heavy atom. The number of nitrogens with zero attached hydrogens (tertiary/aromatic N) is 4. The molecule has 26 heavy (non-hydrogen) atoms. The lowest BCUT2D eigenvalue weighted by atomic mass is 10.1. The topological polar surface area (TPSA) is 110 Å². The Hall–Kier alpha value is -3.33. The first-order chi connectivity index (χ1) is 12.6. The Balaban J connectivity index is 1.73. The van der Waals surface area contributed by atoms with E-state index in [1.54, 1.807) is 30.5 Å². The van der Waals surface area contributed by atoms with Gasteiger partial charge in [-0.2, -0.15) is 5.10 Å². The van der Waals surface area contributed by atoms with E-state index in [4.69, 9.17) is 4.74 Å². The maximum Gasteiger partial charge on any atom is 0.293 e. The van der Waals surface area contributed by atoms with Gasteiger partial charge in [0.25, 0.3) is 11.6 Å². The molecule has 0 aliphatic carbocycles. The standard InChI is InChI=1S/C17H17N5O4/c23-17(14-2-1-5-18-12-14)20-19-11-13-3-4-15(16(10-13)22(24)25)21-6-8-26-9-7-21/h1-5,10-12H,6-9H2,(H,20,23). The fourth-order valence-corrected chi connectivity index (χ4v) is 2.57. The minimum absolute atomic E-state index is 0.00515. The second-order valence-corrected chi connectivity index (χ2v) is 5.55. The van der Waals surface area contributed by atoms with Gasteiger partial charge in [-0.25, -0.2) is 5.43 Å². The quantitative estimate of drug-likeness (QED) is 0.495. The van der Waals surface area contributed by atoms with Crippen LogP contribution in [0.2, 0.25) is 0 Å². The van der Waals surface area contributed by atoms with Crippen molar-refractivity contribution >= 4 is 23.5 Å². The van der Waals surface area contributed by atoms with Gasteiger partial charge in [-0.15, -0.1) is 0 Å². The van der Waals surface area contributed by atoms with Crippen molar-refractivity contribution in [3.05, 3.63) is 64.0 Å². The van der Waals surface area contributed by atoms with Crippen molar-refractivity contribution in [1.82, 2.24) is 10.4 Å². The molecule has 0 unspecified atom stereocenters. The summed E-state index contributed by atoms with van der Waals surface area (Å²) in [6, 6.07) is 8.10. The molecule has 2 aromatic rings. The largest absolute Gasteiger partial charge is 0.378 e. The van der Waals surface area contributed by atoms with E-state index in [1.165, 1.54) is 18.5 Å². The fourth-order valence-electron chi connectivity index (χ4n) is 2.57. The van der Waals surface area contributed by atoms with Crippen molar-refractivity contribution in [1.29, 1.82) is 0 Å². The number of benzene rings is 1. The van der Waals surface area contributed by atoms with E-state index >= 15 is 0 Å². The number of nitrogens with one attached hydrogen (secondary N) is 1. The van der Waals surface area contributed by atoms with E-state index in [9.17, 15) is 14.9 Å². The van der Waals surface area contributed by atoms with E-state index in [-0.39, 0.29) is 5.69 Å². The highest BCUT2D eigenvalue weighted by atomic mass is 16.6. The molecular weight excluding hydrogens is 338 g/mol. The molecule has 0 atom stereocenters. The molecule has 2 heterocycles. The van der Waals surface area contributed by atoms with Crippen LogP contribution in [-0.4, -0.2) is 48.3 Å². The molecule has 1 amide bonds.